The number of anilines is 1. The molecule has 2 rings (SSSR count). The van der Waals surface area contributed by atoms with E-state index in [0.717, 1.165) is 4.88 Å². The van der Waals surface area contributed by atoms with Crippen LogP contribution in [0.15, 0.2) is 29.8 Å². The van der Waals surface area contributed by atoms with Crippen molar-refractivity contribution in [3.05, 3.63) is 39.7 Å². The molecule has 0 saturated heterocycles. The Kier molecular flexibility index (Phi) is 3.08. The Morgan fingerprint density at radius 3 is 2.87 bits per heavy atom. The van der Waals surface area contributed by atoms with Crippen molar-refractivity contribution < 1.29 is 4.74 Å². The molecule has 0 aliphatic rings. The first-order valence-corrected chi connectivity index (χ1v) is 5.58. The Labute approximate surface area is 96.5 Å². The molecule has 15 heavy (non-hydrogen) atoms. The standard InChI is InChI=1S/C10H9ClN2OS/c11-7-3-1-2-4-8(7)14-5-9-10(12)13-6-15-9/h1-4,6H,5,12H2. The number of rotatable bonds is 3. The van der Waals surface area contributed by atoms with Crippen molar-refractivity contribution in [2.45, 2.75) is 6.61 Å². The topological polar surface area (TPSA) is 48.1 Å². The van der Waals surface area contributed by atoms with Gasteiger partial charge in [0.05, 0.1) is 15.4 Å². The second kappa shape index (κ2) is 4.51. The average Bonchev–Trinajstić information content (AvgIpc) is 2.63. The number of halogens is 1. The molecule has 0 amide bonds. The number of ether oxygens (including phenoxy) is 1. The largest absolute Gasteiger partial charge is 0.486 e. The van der Waals surface area contributed by atoms with Crippen LogP contribution in [-0.2, 0) is 6.61 Å². The van der Waals surface area contributed by atoms with E-state index in [2.05, 4.69) is 4.98 Å². The van der Waals surface area contributed by atoms with Gasteiger partial charge in [0.1, 0.15) is 18.2 Å². The highest BCUT2D eigenvalue weighted by Gasteiger charge is 2.04. The molecule has 2 N–H and O–H groups in total. The predicted octanol–water partition coefficient (Wildman–Crippen LogP) is 2.96. The number of benzene rings is 1. The summed E-state index contributed by atoms with van der Waals surface area (Å²) in [6.45, 7) is 0.403. The molecule has 1 aromatic carbocycles. The molecule has 0 atom stereocenters. The summed E-state index contributed by atoms with van der Waals surface area (Å²) in [6.07, 6.45) is 0. The van der Waals surface area contributed by atoms with E-state index in [1.54, 1.807) is 11.6 Å². The number of hydrogen-bond acceptors (Lipinski definition) is 4. The molecule has 0 radical (unpaired) electrons. The number of para-hydroxylation sites is 1. The molecule has 0 bridgehead atoms. The smallest absolute Gasteiger partial charge is 0.141 e. The van der Waals surface area contributed by atoms with Gasteiger partial charge in [-0.1, -0.05) is 23.7 Å². The number of nitrogens with two attached hydrogens (primary N) is 1. The van der Waals surface area contributed by atoms with E-state index in [0.29, 0.717) is 23.2 Å². The number of aromatic nitrogens is 1. The van der Waals surface area contributed by atoms with Gasteiger partial charge in [0.25, 0.3) is 0 Å². The van der Waals surface area contributed by atoms with Gasteiger partial charge >= 0.3 is 0 Å². The van der Waals surface area contributed by atoms with Gasteiger partial charge in [-0.25, -0.2) is 4.98 Å². The average molecular weight is 241 g/mol. The molecule has 0 unspecified atom stereocenters. The third kappa shape index (κ3) is 2.40. The van der Waals surface area contributed by atoms with Crippen LogP contribution in [0.25, 0.3) is 0 Å². The van der Waals surface area contributed by atoms with E-state index < -0.39 is 0 Å². The van der Waals surface area contributed by atoms with Crippen LogP contribution in [0.1, 0.15) is 4.88 Å². The van der Waals surface area contributed by atoms with Crippen molar-refractivity contribution in [1.29, 1.82) is 0 Å². The molecule has 78 valence electrons. The van der Waals surface area contributed by atoms with Gasteiger partial charge in [-0.15, -0.1) is 11.3 Å². The van der Waals surface area contributed by atoms with E-state index >= 15 is 0 Å². The van der Waals surface area contributed by atoms with Crippen molar-refractivity contribution >= 4 is 28.8 Å². The van der Waals surface area contributed by atoms with Crippen LogP contribution in [0, 0.1) is 0 Å². The van der Waals surface area contributed by atoms with E-state index in [9.17, 15) is 0 Å². The Hall–Kier alpha value is -1.26. The maximum absolute atomic E-state index is 5.94. The fourth-order valence-corrected chi connectivity index (χ4v) is 1.88. The Morgan fingerprint density at radius 1 is 1.40 bits per heavy atom. The van der Waals surface area contributed by atoms with Gasteiger partial charge in [-0.05, 0) is 12.1 Å². The van der Waals surface area contributed by atoms with Crippen molar-refractivity contribution in [2.24, 2.45) is 0 Å². The normalized spacial score (nSPS) is 10.2. The molecule has 0 spiro atoms. The lowest BCUT2D eigenvalue weighted by atomic mass is 10.3. The molecular formula is C10H9ClN2OS. The minimum Gasteiger partial charge on any atom is -0.486 e. The third-order valence-electron chi connectivity index (χ3n) is 1.87. The summed E-state index contributed by atoms with van der Waals surface area (Å²) in [4.78, 5) is 4.85. The SMILES string of the molecule is Nc1ncsc1COc1ccccc1Cl. The van der Waals surface area contributed by atoms with Crippen LogP contribution in [0.2, 0.25) is 5.02 Å². The molecule has 0 fully saturated rings. The van der Waals surface area contributed by atoms with Crippen molar-refractivity contribution in [2.75, 3.05) is 5.73 Å². The highest BCUT2D eigenvalue weighted by atomic mass is 35.5. The zero-order valence-corrected chi connectivity index (χ0v) is 9.39. The van der Waals surface area contributed by atoms with E-state index in [1.165, 1.54) is 11.3 Å². The van der Waals surface area contributed by atoms with Crippen LogP contribution in [0.4, 0.5) is 5.82 Å². The fourth-order valence-electron chi connectivity index (χ4n) is 1.09. The zero-order valence-electron chi connectivity index (χ0n) is 7.81. The first-order chi connectivity index (χ1) is 7.27. The van der Waals surface area contributed by atoms with Crippen LogP contribution in [0.3, 0.4) is 0 Å². The van der Waals surface area contributed by atoms with Crippen LogP contribution in [0.5, 0.6) is 5.75 Å². The summed E-state index contributed by atoms with van der Waals surface area (Å²) >= 11 is 7.41. The van der Waals surface area contributed by atoms with Gasteiger partial charge in [0.2, 0.25) is 0 Å². The maximum atomic E-state index is 5.94. The van der Waals surface area contributed by atoms with Crippen LogP contribution < -0.4 is 10.5 Å². The summed E-state index contributed by atoms with van der Waals surface area (Å²) in [5.74, 6) is 1.18. The van der Waals surface area contributed by atoms with Gasteiger partial charge in [0.15, 0.2) is 0 Å². The maximum Gasteiger partial charge on any atom is 0.141 e. The zero-order chi connectivity index (χ0) is 10.7. The predicted molar refractivity (Wildman–Crippen MR) is 62.3 cm³/mol. The van der Waals surface area contributed by atoms with Crippen LogP contribution in [-0.4, -0.2) is 4.98 Å². The summed E-state index contributed by atoms with van der Waals surface area (Å²) in [7, 11) is 0. The van der Waals surface area contributed by atoms with E-state index in [-0.39, 0.29) is 0 Å². The summed E-state index contributed by atoms with van der Waals surface area (Å²) < 4.78 is 5.52. The number of thiazole rings is 1. The molecule has 0 saturated carbocycles. The monoisotopic (exact) mass is 240 g/mol. The lowest BCUT2D eigenvalue weighted by Gasteiger charge is -2.06. The third-order valence-corrected chi connectivity index (χ3v) is 3.00. The molecule has 1 heterocycles. The van der Waals surface area contributed by atoms with Gasteiger partial charge in [0, 0.05) is 0 Å². The lowest BCUT2D eigenvalue weighted by Crippen LogP contribution is -1.97. The number of hydrogen-bond donors (Lipinski definition) is 1. The summed E-state index contributed by atoms with van der Waals surface area (Å²) in [5.41, 5.74) is 7.32. The number of nitrogen functional groups attached to an aromatic ring is 1. The molecular weight excluding hydrogens is 232 g/mol. The summed E-state index contributed by atoms with van der Waals surface area (Å²) in [5, 5.41) is 0.598. The van der Waals surface area contributed by atoms with Crippen molar-refractivity contribution in [1.82, 2.24) is 4.98 Å². The molecule has 3 nitrogen and oxygen atoms in total. The molecule has 0 aliphatic carbocycles. The van der Waals surface area contributed by atoms with Gasteiger partial charge < -0.3 is 10.5 Å². The second-order valence-electron chi connectivity index (χ2n) is 2.88. The quantitative estimate of drug-likeness (QED) is 0.897. The first-order valence-electron chi connectivity index (χ1n) is 4.32. The fraction of sp³-hybridized carbons (Fsp3) is 0.100. The highest BCUT2D eigenvalue weighted by Crippen LogP contribution is 2.25. The Bertz CT molecular complexity index is 458. The first kappa shape index (κ1) is 10.3. The second-order valence-corrected chi connectivity index (χ2v) is 4.23. The molecule has 0 aliphatic heterocycles. The molecule has 1 aromatic heterocycles. The minimum absolute atomic E-state index is 0.403. The van der Waals surface area contributed by atoms with Crippen LogP contribution >= 0.6 is 22.9 Å². The summed E-state index contributed by atoms with van der Waals surface area (Å²) in [6, 6.07) is 7.33. The Morgan fingerprint density at radius 2 is 2.20 bits per heavy atom. The van der Waals surface area contributed by atoms with Crippen molar-refractivity contribution in [3.8, 4) is 5.75 Å². The molecule has 2 aromatic rings. The molecule has 5 heteroatoms. The highest BCUT2D eigenvalue weighted by molar-refractivity contribution is 7.10. The minimum atomic E-state index is 0.403. The van der Waals surface area contributed by atoms with E-state index in [1.807, 2.05) is 18.2 Å². The Balaban J connectivity index is 2.06. The van der Waals surface area contributed by atoms with Crippen molar-refractivity contribution in [3.63, 3.8) is 0 Å². The number of nitrogens with zero attached hydrogens (tertiary/aromatic N) is 1. The van der Waals surface area contributed by atoms with Gasteiger partial charge in [-0.3, -0.25) is 0 Å². The lowest BCUT2D eigenvalue weighted by molar-refractivity contribution is 0.310. The van der Waals surface area contributed by atoms with Gasteiger partial charge in [-0.2, -0.15) is 0 Å². The van der Waals surface area contributed by atoms with E-state index in [4.69, 9.17) is 22.1 Å².